The zero-order valence-electron chi connectivity index (χ0n) is 16.5. The van der Waals surface area contributed by atoms with E-state index in [0.29, 0.717) is 5.56 Å². The zero-order valence-corrected chi connectivity index (χ0v) is 17.3. The van der Waals surface area contributed by atoms with Crippen molar-refractivity contribution in [2.24, 2.45) is 0 Å². The Hall–Kier alpha value is -1.60. The van der Waals surface area contributed by atoms with Gasteiger partial charge in [0, 0.05) is 46.0 Å². The molecular weight excluding hydrogens is 362 g/mol. The van der Waals surface area contributed by atoms with E-state index in [1.807, 2.05) is 11.0 Å². The highest BCUT2D eigenvalue weighted by Crippen LogP contribution is 2.29. The third kappa shape index (κ3) is 4.46. The van der Waals surface area contributed by atoms with E-state index in [-0.39, 0.29) is 10.8 Å². The molecule has 150 valence electrons. The number of benzene rings is 1. The molecule has 7 heteroatoms. The maximum absolute atomic E-state index is 13.4. The third-order valence-electron chi connectivity index (χ3n) is 5.57. The standard InChI is InChI=1S/C20H31N3O3S/c1-21(2)27(25,26)17-10-11-19(22-12-8-9-13-22)18(16-17)20(24)23-14-6-4-3-5-7-15-23/h10-11,16H,3-9,12-15H2,1-2H3. The number of nitrogens with zero attached hydrogens (tertiary/aromatic N) is 3. The van der Waals surface area contributed by atoms with Crippen LogP contribution in [-0.4, -0.2) is 63.8 Å². The molecule has 2 saturated heterocycles. The van der Waals surface area contributed by atoms with Gasteiger partial charge in [0.2, 0.25) is 10.0 Å². The molecule has 2 heterocycles. The van der Waals surface area contributed by atoms with Crippen LogP contribution in [-0.2, 0) is 10.0 Å². The zero-order chi connectivity index (χ0) is 19.4. The van der Waals surface area contributed by atoms with Gasteiger partial charge in [-0.1, -0.05) is 19.3 Å². The van der Waals surface area contributed by atoms with Crippen LogP contribution >= 0.6 is 0 Å². The summed E-state index contributed by atoms with van der Waals surface area (Å²) >= 11 is 0. The summed E-state index contributed by atoms with van der Waals surface area (Å²) in [5.74, 6) is -0.0328. The van der Waals surface area contributed by atoms with Crippen LogP contribution in [0.4, 0.5) is 5.69 Å². The first-order chi connectivity index (χ1) is 12.9. The first-order valence-electron chi connectivity index (χ1n) is 10.0. The number of carbonyl (C=O) groups is 1. The number of amides is 1. The smallest absolute Gasteiger partial charge is 0.256 e. The lowest BCUT2D eigenvalue weighted by molar-refractivity contribution is 0.0743. The van der Waals surface area contributed by atoms with Crippen LogP contribution in [0.15, 0.2) is 23.1 Å². The highest BCUT2D eigenvalue weighted by molar-refractivity contribution is 7.89. The second-order valence-corrected chi connectivity index (χ2v) is 9.87. The van der Waals surface area contributed by atoms with Gasteiger partial charge in [-0.05, 0) is 43.9 Å². The van der Waals surface area contributed by atoms with Gasteiger partial charge in [-0.15, -0.1) is 0 Å². The Labute approximate surface area is 163 Å². The molecule has 3 rings (SSSR count). The summed E-state index contributed by atoms with van der Waals surface area (Å²) in [6, 6.07) is 5.04. The van der Waals surface area contributed by atoms with Gasteiger partial charge in [-0.25, -0.2) is 12.7 Å². The molecular formula is C20H31N3O3S. The van der Waals surface area contributed by atoms with E-state index in [2.05, 4.69) is 4.90 Å². The minimum absolute atomic E-state index is 0.0328. The van der Waals surface area contributed by atoms with Crippen LogP contribution < -0.4 is 4.90 Å². The lowest BCUT2D eigenvalue weighted by Crippen LogP contribution is -2.35. The predicted molar refractivity (Wildman–Crippen MR) is 108 cm³/mol. The van der Waals surface area contributed by atoms with Crippen LogP contribution in [0.5, 0.6) is 0 Å². The van der Waals surface area contributed by atoms with Crippen molar-refractivity contribution in [3.63, 3.8) is 0 Å². The molecule has 0 aliphatic carbocycles. The Bertz CT molecular complexity index is 763. The van der Waals surface area contributed by atoms with Crippen molar-refractivity contribution in [3.05, 3.63) is 23.8 Å². The number of anilines is 1. The first-order valence-corrected chi connectivity index (χ1v) is 11.5. The molecule has 1 amide bonds. The maximum atomic E-state index is 13.4. The summed E-state index contributed by atoms with van der Waals surface area (Å²) in [4.78, 5) is 17.7. The number of hydrogen-bond acceptors (Lipinski definition) is 4. The summed E-state index contributed by atoms with van der Waals surface area (Å²) in [6.07, 6.45) is 7.78. The van der Waals surface area contributed by atoms with E-state index in [9.17, 15) is 13.2 Å². The van der Waals surface area contributed by atoms with Crippen LogP contribution in [0.25, 0.3) is 0 Å². The topological polar surface area (TPSA) is 60.9 Å². The lowest BCUT2D eigenvalue weighted by Gasteiger charge is -2.28. The number of likely N-dealkylation sites (tertiary alicyclic amines) is 1. The van der Waals surface area contributed by atoms with E-state index >= 15 is 0 Å². The number of rotatable bonds is 4. The van der Waals surface area contributed by atoms with E-state index in [1.165, 1.54) is 24.8 Å². The molecule has 0 atom stereocenters. The first kappa shape index (κ1) is 20.1. The molecule has 0 saturated carbocycles. The van der Waals surface area contributed by atoms with E-state index < -0.39 is 10.0 Å². The van der Waals surface area contributed by atoms with Gasteiger partial charge in [-0.3, -0.25) is 4.79 Å². The number of sulfonamides is 1. The Kier molecular flexibility index (Phi) is 6.42. The van der Waals surface area contributed by atoms with Gasteiger partial charge in [0.1, 0.15) is 0 Å². The van der Waals surface area contributed by atoms with Gasteiger partial charge in [0.25, 0.3) is 5.91 Å². The Morgan fingerprint density at radius 2 is 1.44 bits per heavy atom. The van der Waals surface area contributed by atoms with Crippen molar-refractivity contribution in [2.75, 3.05) is 45.2 Å². The molecule has 2 aliphatic rings. The maximum Gasteiger partial charge on any atom is 0.256 e. The summed E-state index contributed by atoms with van der Waals surface area (Å²) in [5.41, 5.74) is 1.40. The molecule has 0 spiro atoms. The summed E-state index contributed by atoms with van der Waals surface area (Å²) in [7, 11) is -0.538. The third-order valence-corrected chi connectivity index (χ3v) is 7.38. The van der Waals surface area contributed by atoms with Gasteiger partial charge in [-0.2, -0.15) is 0 Å². The van der Waals surface area contributed by atoms with Crippen LogP contribution in [0.3, 0.4) is 0 Å². The fourth-order valence-corrected chi connectivity index (χ4v) is 4.84. The van der Waals surface area contributed by atoms with E-state index in [4.69, 9.17) is 0 Å². The van der Waals surface area contributed by atoms with Crippen molar-refractivity contribution < 1.29 is 13.2 Å². The van der Waals surface area contributed by atoms with Gasteiger partial charge in [0.15, 0.2) is 0 Å². The second kappa shape index (κ2) is 8.61. The fourth-order valence-electron chi connectivity index (χ4n) is 3.91. The van der Waals surface area contributed by atoms with E-state index in [0.717, 1.165) is 70.4 Å². The largest absolute Gasteiger partial charge is 0.371 e. The summed E-state index contributed by atoms with van der Waals surface area (Å²) in [6.45, 7) is 3.34. The van der Waals surface area contributed by atoms with Crippen LogP contribution in [0.1, 0.15) is 55.3 Å². The minimum Gasteiger partial charge on any atom is -0.371 e. The molecule has 6 nitrogen and oxygen atoms in total. The molecule has 0 N–H and O–H groups in total. The van der Waals surface area contributed by atoms with Gasteiger partial charge in [0.05, 0.1) is 10.5 Å². The van der Waals surface area contributed by atoms with Gasteiger partial charge >= 0.3 is 0 Å². The average Bonchev–Trinajstić information content (AvgIpc) is 3.14. The fraction of sp³-hybridized carbons (Fsp3) is 0.650. The van der Waals surface area contributed by atoms with Crippen molar-refractivity contribution in [2.45, 2.75) is 49.8 Å². The number of carbonyl (C=O) groups excluding carboxylic acids is 1. The van der Waals surface area contributed by atoms with Crippen molar-refractivity contribution >= 4 is 21.6 Å². The highest BCUT2D eigenvalue weighted by Gasteiger charge is 2.27. The molecule has 0 bridgehead atoms. The van der Waals surface area contributed by atoms with Crippen molar-refractivity contribution in [1.82, 2.24) is 9.21 Å². The molecule has 1 aromatic carbocycles. The summed E-state index contributed by atoms with van der Waals surface area (Å²) < 4.78 is 26.4. The molecule has 0 radical (unpaired) electrons. The monoisotopic (exact) mass is 393 g/mol. The molecule has 2 fully saturated rings. The minimum atomic E-state index is -3.57. The Balaban J connectivity index is 1.99. The van der Waals surface area contributed by atoms with Crippen molar-refractivity contribution in [3.8, 4) is 0 Å². The highest BCUT2D eigenvalue weighted by atomic mass is 32.2. The predicted octanol–water partition coefficient (Wildman–Crippen LogP) is 2.94. The average molecular weight is 394 g/mol. The lowest BCUT2D eigenvalue weighted by atomic mass is 10.1. The number of hydrogen-bond donors (Lipinski definition) is 0. The normalized spacial score (nSPS) is 19.2. The molecule has 1 aromatic rings. The van der Waals surface area contributed by atoms with Crippen LogP contribution in [0, 0.1) is 0 Å². The summed E-state index contributed by atoms with van der Waals surface area (Å²) in [5, 5.41) is 0. The molecule has 0 unspecified atom stereocenters. The molecule has 27 heavy (non-hydrogen) atoms. The van der Waals surface area contributed by atoms with Crippen LogP contribution in [0.2, 0.25) is 0 Å². The Morgan fingerprint density at radius 1 is 0.889 bits per heavy atom. The SMILES string of the molecule is CN(C)S(=O)(=O)c1ccc(N2CCCC2)c(C(=O)N2CCCCCCC2)c1. The quantitative estimate of drug-likeness (QED) is 0.789. The molecule has 2 aliphatic heterocycles. The van der Waals surface area contributed by atoms with E-state index in [1.54, 1.807) is 12.1 Å². The Morgan fingerprint density at radius 3 is 2.04 bits per heavy atom. The second-order valence-electron chi connectivity index (χ2n) is 7.72. The van der Waals surface area contributed by atoms with Crippen molar-refractivity contribution in [1.29, 1.82) is 0 Å². The van der Waals surface area contributed by atoms with Gasteiger partial charge < -0.3 is 9.80 Å². The molecule has 0 aromatic heterocycles.